The van der Waals surface area contributed by atoms with E-state index in [1.165, 1.54) is 4.68 Å². The highest BCUT2D eigenvalue weighted by atomic mass is 19.3. The van der Waals surface area contributed by atoms with Gasteiger partial charge >= 0.3 is 5.97 Å². The van der Waals surface area contributed by atoms with Gasteiger partial charge in [0.05, 0.1) is 6.42 Å². The SMILES string of the molecule is Cn1nc(C(=O)NC(CC(=O)O)Cc2ccccc2)c2c1CCC(F)(F)C2. The quantitative estimate of drug-likeness (QED) is 0.809. The highest BCUT2D eigenvalue weighted by Crippen LogP contribution is 2.34. The summed E-state index contributed by atoms with van der Waals surface area (Å²) in [6.45, 7) is 0. The second kappa shape index (κ2) is 7.46. The zero-order chi connectivity index (χ0) is 19.6. The molecule has 0 aliphatic heterocycles. The van der Waals surface area contributed by atoms with E-state index in [1.54, 1.807) is 7.05 Å². The largest absolute Gasteiger partial charge is 0.481 e. The van der Waals surface area contributed by atoms with E-state index in [1.807, 2.05) is 30.3 Å². The number of nitrogens with zero attached hydrogens (tertiary/aromatic N) is 2. The van der Waals surface area contributed by atoms with E-state index < -0.39 is 30.3 Å². The van der Waals surface area contributed by atoms with Crippen LogP contribution in [0.1, 0.15) is 40.2 Å². The lowest BCUT2D eigenvalue weighted by Crippen LogP contribution is -2.39. The Morgan fingerprint density at radius 3 is 2.70 bits per heavy atom. The number of hydrogen-bond donors (Lipinski definition) is 2. The first-order valence-corrected chi connectivity index (χ1v) is 8.74. The molecule has 0 bridgehead atoms. The number of carbonyl (C=O) groups excluding carboxylic acids is 1. The Morgan fingerprint density at radius 1 is 1.33 bits per heavy atom. The minimum absolute atomic E-state index is 0.0460. The van der Waals surface area contributed by atoms with Crippen LogP contribution in [0, 0.1) is 0 Å². The minimum atomic E-state index is -2.87. The predicted molar refractivity (Wildman–Crippen MR) is 93.8 cm³/mol. The number of aryl methyl sites for hydroxylation is 1. The fourth-order valence-electron chi connectivity index (χ4n) is 3.47. The molecule has 1 amide bonds. The molecule has 0 radical (unpaired) electrons. The van der Waals surface area contributed by atoms with E-state index in [0.717, 1.165) is 5.56 Å². The molecule has 0 saturated carbocycles. The van der Waals surface area contributed by atoms with E-state index >= 15 is 0 Å². The molecule has 1 atom stereocenters. The zero-order valence-electron chi connectivity index (χ0n) is 14.9. The van der Waals surface area contributed by atoms with E-state index in [9.17, 15) is 18.4 Å². The van der Waals surface area contributed by atoms with Crippen molar-refractivity contribution in [2.45, 2.75) is 44.1 Å². The molecule has 1 aromatic heterocycles. The van der Waals surface area contributed by atoms with Crippen LogP contribution >= 0.6 is 0 Å². The van der Waals surface area contributed by atoms with Crippen LogP contribution < -0.4 is 5.32 Å². The minimum Gasteiger partial charge on any atom is -0.481 e. The molecule has 0 fully saturated rings. The molecule has 3 rings (SSSR count). The zero-order valence-corrected chi connectivity index (χ0v) is 14.9. The summed E-state index contributed by atoms with van der Waals surface area (Å²) in [5.41, 5.74) is 1.71. The maximum Gasteiger partial charge on any atom is 0.305 e. The molecule has 2 N–H and O–H groups in total. The average molecular weight is 377 g/mol. The predicted octanol–water partition coefficient (Wildman–Crippen LogP) is 2.36. The van der Waals surface area contributed by atoms with E-state index in [0.29, 0.717) is 12.1 Å². The van der Waals surface area contributed by atoms with Crippen LogP contribution in [0.2, 0.25) is 0 Å². The van der Waals surface area contributed by atoms with Crippen molar-refractivity contribution in [1.29, 1.82) is 0 Å². The molecular formula is C19H21F2N3O3. The van der Waals surface area contributed by atoms with Crippen molar-refractivity contribution in [1.82, 2.24) is 15.1 Å². The Kier molecular flexibility index (Phi) is 5.25. The summed E-state index contributed by atoms with van der Waals surface area (Å²) in [7, 11) is 1.62. The van der Waals surface area contributed by atoms with Crippen molar-refractivity contribution < 1.29 is 23.5 Å². The van der Waals surface area contributed by atoms with Crippen LogP contribution in [0.25, 0.3) is 0 Å². The number of carboxylic acids is 1. The van der Waals surface area contributed by atoms with Crippen LogP contribution in [0.4, 0.5) is 8.78 Å². The van der Waals surface area contributed by atoms with Crippen molar-refractivity contribution in [3.05, 3.63) is 52.8 Å². The van der Waals surface area contributed by atoms with Crippen LogP contribution in [0.3, 0.4) is 0 Å². The fraction of sp³-hybridized carbons (Fsp3) is 0.421. The van der Waals surface area contributed by atoms with Gasteiger partial charge in [0.15, 0.2) is 5.69 Å². The third-order valence-corrected chi connectivity index (χ3v) is 4.73. The number of alkyl halides is 2. The highest BCUT2D eigenvalue weighted by molar-refractivity contribution is 5.94. The molecule has 1 unspecified atom stereocenters. The van der Waals surface area contributed by atoms with Crippen molar-refractivity contribution in [2.75, 3.05) is 0 Å². The van der Waals surface area contributed by atoms with Crippen molar-refractivity contribution >= 4 is 11.9 Å². The monoisotopic (exact) mass is 377 g/mol. The van der Waals surface area contributed by atoms with Gasteiger partial charge in [-0.25, -0.2) is 8.78 Å². The Bertz CT molecular complexity index is 849. The van der Waals surface area contributed by atoms with Crippen LogP contribution in [0.5, 0.6) is 0 Å². The molecule has 0 spiro atoms. The van der Waals surface area contributed by atoms with Gasteiger partial charge in [-0.3, -0.25) is 14.3 Å². The number of benzene rings is 1. The molecule has 1 heterocycles. The molecule has 8 heteroatoms. The third-order valence-electron chi connectivity index (χ3n) is 4.73. The van der Waals surface area contributed by atoms with Gasteiger partial charge in [-0.05, 0) is 18.4 Å². The number of rotatable bonds is 6. The summed E-state index contributed by atoms with van der Waals surface area (Å²) < 4.78 is 29.1. The highest BCUT2D eigenvalue weighted by Gasteiger charge is 2.39. The summed E-state index contributed by atoms with van der Waals surface area (Å²) in [6, 6.07) is 8.50. The number of amides is 1. The number of aliphatic carboxylic acids is 1. The summed E-state index contributed by atoms with van der Waals surface area (Å²) in [5.74, 6) is -4.53. The molecule has 6 nitrogen and oxygen atoms in total. The fourth-order valence-corrected chi connectivity index (χ4v) is 3.47. The van der Waals surface area contributed by atoms with Crippen molar-refractivity contribution in [2.24, 2.45) is 7.05 Å². The lowest BCUT2D eigenvalue weighted by Gasteiger charge is -2.23. The summed E-state index contributed by atoms with van der Waals surface area (Å²) in [6.07, 6.45) is -0.588. The van der Waals surface area contributed by atoms with E-state index in [2.05, 4.69) is 10.4 Å². The first kappa shape index (κ1) is 19.0. The van der Waals surface area contributed by atoms with Crippen LogP contribution in [-0.2, 0) is 31.1 Å². The van der Waals surface area contributed by atoms with Gasteiger partial charge < -0.3 is 10.4 Å². The van der Waals surface area contributed by atoms with Gasteiger partial charge in [-0.15, -0.1) is 0 Å². The Labute approximate surface area is 155 Å². The average Bonchev–Trinajstić information content (AvgIpc) is 2.90. The molecule has 1 aliphatic rings. The van der Waals surface area contributed by atoms with Gasteiger partial charge in [-0.1, -0.05) is 30.3 Å². The summed E-state index contributed by atoms with van der Waals surface area (Å²) in [5, 5.41) is 15.9. The number of halogens is 2. The Hall–Kier alpha value is -2.77. The topological polar surface area (TPSA) is 84.2 Å². The molecular weight excluding hydrogens is 356 g/mol. The number of aromatic nitrogens is 2. The smallest absolute Gasteiger partial charge is 0.305 e. The number of fused-ring (bicyclic) bond motifs is 1. The van der Waals surface area contributed by atoms with Gasteiger partial charge in [0.1, 0.15) is 0 Å². The molecule has 27 heavy (non-hydrogen) atoms. The Balaban J connectivity index is 1.81. The van der Waals surface area contributed by atoms with Gasteiger partial charge in [0, 0.05) is 37.2 Å². The molecule has 2 aromatic rings. The molecule has 1 aromatic carbocycles. The van der Waals surface area contributed by atoms with E-state index in [4.69, 9.17) is 5.11 Å². The van der Waals surface area contributed by atoms with Gasteiger partial charge in [0.2, 0.25) is 0 Å². The Morgan fingerprint density at radius 2 is 2.04 bits per heavy atom. The second-order valence-corrected chi connectivity index (χ2v) is 6.89. The third kappa shape index (κ3) is 4.50. The molecule has 144 valence electrons. The maximum atomic E-state index is 13.8. The van der Waals surface area contributed by atoms with Crippen LogP contribution in [-0.4, -0.2) is 38.7 Å². The standard InChI is InChI=1S/C19H21F2N3O3/c1-24-15-7-8-19(20,21)11-14(15)17(23-24)18(27)22-13(10-16(25)26)9-12-5-3-2-4-6-12/h2-6,13H,7-11H2,1H3,(H,22,27)(H,25,26). The van der Waals surface area contributed by atoms with Crippen molar-refractivity contribution in [3.63, 3.8) is 0 Å². The summed E-state index contributed by atoms with van der Waals surface area (Å²) in [4.78, 5) is 23.9. The number of hydrogen-bond acceptors (Lipinski definition) is 3. The number of carboxylic acid groups (broad SMARTS) is 1. The number of carbonyl (C=O) groups is 2. The first-order valence-electron chi connectivity index (χ1n) is 8.74. The molecule has 1 aliphatic carbocycles. The van der Waals surface area contributed by atoms with Crippen molar-refractivity contribution in [3.8, 4) is 0 Å². The van der Waals surface area contributed by atoms with Gasteiger partial charge in [0.25, 0.3) is 11.8 Å². The first-order chi connectivity index (χ1) is 12.7. The molecule has 0 saturated heterocycles. The lowest BCUT2D eigenvalue weighted by molar-refractivity contribution is -0.137. The second-order valence-electron chi connectivity index (χ2n) is 6.89. The number of nitrogens with one attached hydrogen (secondary N) is 1. The maximum absolute atomic E-state index is 13.8. The normalized spacial score (nSPS) is 16.4. The van der Waals surface area contributed by atoms with Gasteiger partial charge in [-0.2, -0.15) is 5.10 Å². The van der Waals surface area contributed by atoms with E-state index in [-0.39, 0.29) is 30.5 Å². The van der Waals surface area contributed by atoms with Crippen LogP contribution in [0.15, 0.2) is 30.3 Å². The summed E-state index contributed by atoms with van der Waals surface area (Å²) >= 11 is 0. The lowest BCUT2D eigenvalue weighted by atomic mass is 9.92.